The monoisotopic (exact) mass is 509 g/mol. The van der Waals surface area contributed by atoms with Crippen LogP contribution in [0.3, 0.4) is 0 Å². The third-order valence-electron chi connectivity index (χ3n) is 4.82. The van der Waals surface area contributed by atoms with Gasteiger partial charge in [-0.1, -0.05) is 11.3 Å². The maximum absolute atomic E-state index is 12.5. The van der Waals surface area contributed by atoms with E-state index in [0.29, 0.717) is 46.9 Å². The van der Waals surface area contributed by atoms with Crippen molar-refractivity contribution in [3.05, 3.63) is 28.6 Å². The van der Waals surface area contributed by atoms with Crippen LogP contribution in [0.4, 0.5) is 0 Å². The summed E-state index contributed by atoms with van der Waals surface area (Å²) < 4.78 is 17.6. The highest BCUT2D eigenvalue weighted by molar-refractivity contribution is 8.00. The van der Waals surface area contributed by atoms with Gasteiger partial charge in [0.05, 0.1) is 53.7 Å². The predicted octanol–water partition coefficient (Wildman–Crippen LogP) is 1.46. The molecule has 12 heteroatoms. The lowest BCUT2D eigenvalue weighted by Crippen LogP contribution is -2.41. The van der Waals surface area contributed by atoms with Crippen molar-refractivity contribution in [3.8, 4) is 0 Å². The quantitative estimate of drug-likeness (QED) is 0.467. The average Bonchev–Trinajstić information content (AvgIpc) is 3.15. The van der Waals surface area contributed by atoms with Crippen LogP contribution in [0.1, 0.15) is 24.2 Å². The van der Waals surface area contributed by atoms with Gasteiger partial charge in [-0.05, 0) is 32.0 Å². The molecule has 1 aliphatic rings. The van der Waals surface area contributed by atoms with Crippen molar-refractivity contribution in [1.82, 2.24) is 9.47 Å². The molecule has 3 rings (SSSR count). The van der Waals surface area contributed by atoms with Gasteiger partial charge in [-0.2, -0.15) is 4.99 Å². The average molecular weight is 510 g/mol. The van der Waals surface area contributed by atoms with Gasteiger partial charge in [-0.25, -0.2) is 4.79 Å². The van der Waals surface area contributed by atoms with Gasteiger partial charge < -0.3 is 23.7 Å². The van der Waals surface area contributed by atoms with Crippen LogP contribution in [0.5, 0.6) is 0 Å². The number of morpholine rings is 1. The minimum absolute atomic E-state index is 0.0256. The van der Waals surface area contributed by atoms with Gasteiger partial charge in [-0.15, -0.1) is 11.8 Å². The Labute approximate surface area is 204 Å². The molecule has 2 aromatic rings. The van der Waals surface area contributed by atoms with E-state index in [2.05, 4.69) is 4.99 Å². The van der Waals surface area contributed by atoms with E-state index in [-0.39, 0.29) is 37.2 Å². The summed E-state index contributed by atoms with van der Waals surface area (Å²) in [6.45, 7) is 5.96. The first-order valence-electron chi connectivity index (χ1n) is 10.9. The number of thiazole rings is 1. The Bertz CT molecular complexity index is 1120. The molecule has 0 radical (unpaired) electrons. The molecule has 0 bridgehead atoms. The third kappa shape index (κ3) is 6.90. The molecule has 0 aliphatic carbocycles. The number of benzene rings is 1. The molecular weight excluding hydrogens is 482 g/mol. The predicted molar refractivity (Wildman–Crippen MR) is 128 cm³/mol. The molecule has 1 aliphatic heterocycles. The van der Waals surface area contributed by atoms with Crippen molar-refractivity contribution in [3.63, 3.8) is 0 Å². The fraction of sp³-hybridized carbons (Fsp3) is 0.500. The second-order valence-corrected chi connectivity index (χ2v) is 9.16. The molecule has 0 unspecified atom stereocenters. The van der Waals surface area contributed by atoms with E-state index in [4.69, 9.17) is 14.2 Å². The van der Waals surface area contributed by atoms with Crippen molar-refractivity contribution in [2.75, 3.05) is 51.0 Å². The fourth-order valence-corrected chi connectivity index (χ4v) is 5.04. The summed E-state index contributed by atoms with van der Waals surface area (Å²) in [5, 5.41) is 0. The Hall–Kier alpha value is -2.70. The van der Waals surface area contributed by atoms with E-state index in [1.165, 1.54) is 23.1 Å². The van der Waals surface area contributed by atoms with Gasteiger partial charge in [0.2, 0.25) is 5.91 Å². The smallest absolute Gasteiger partial charge is 0.338 e. The maximum Gasteiger partial charge on any atom is 0.338 e. The summed E-state index contributed by atoms with van der Waals surface area (Å²) in [5.74, 6) is -1.17. The molecule has 1 aromatic carbocycles. The molecule has 34 heavy (non-hydrogen) atoms. The summed E-state index contributed by atoms with van der Waals surface area (Å²) in [6.07, 6.45) is 0. The SMILES string of the molecule is CCOC(=O)Cn1c(=NC(=O)CSCC(=O)N2CCOCC2)sc2cc(C(=O)OCC)ccc21. The number of amides is 2. The highest BCUT2D eigenvalue weighted by Crippen LogP contribution is 2.20. The Balaban J connectivity index is 1.78. The van der Waals surface area contributed by atoms with E-state index in [1.54, 1.807) is 41.5 Å². The molecule has 1 saturated heterocycles. The Morgan fingerprint density at radius 2 is 1.82 bits per heavy atom. The molecule has 0 saturated carbocycles. The second-order valence-electron chi connectivity index (χ2n) is 7.17. The first kappa shape index (κ1) is 25.9. The first-order chi connectivity index (χ1) is 16.4. The van der Waals surface area contributed by atoms with Gasteiger partial charge in [-0.3, -0.25) is 14.4 Å². The van der Waals surface area contributed by atoms with E-state index in [0.717, 1.165) is 0 Å². The number of esters is 2. The molecule has 1 aromatic heterocycles. The van der Waals surface area contributed by atoms with E-state index < -0.39 is 17.8 Å². The molecule has 1 fully saturated rings. The lowest BCUT2D eigenvalue weighted by molar-refractivity contribution is -0.143. The van der Waals surface area contributed by atoms with Crippen LogP contribution in [0.25, 0.3) is 10.2 Å². The zero-order valence-electron chi connectivity index (χ0n) is 19.1. The van der Waals surface area contributed by atoms with Gasteiger partial charge in [0.1, 0.15) is 6.54 Å². The Morgan fingerprint density at radius 3 is 2.53 bits per heavy atom. The van der Waals surface area contributed by atoms with Crippen molar-refractivity contribution in [2.45, 2.75) is 20.4 Å². The first-order valence-corrected chi connectivity index (χ1v) is 12.9. The number of aromatic nitrogens is 1. The summed E-state index contributed by atoms with van der Waals surface area (Å²) >= 11 is 2.38. The van der Waals surface area contributed by atoms with Crippen molar-refractivity contribution < 1.29 is 33.4 Å². The number of fused-ring (bicyclic) bond motifs is 1. The van der Waals surface area contributed by atoms with Crippen LogP contribution in [-0.2, 0) is 35.1 Å². The topological polar surface area (TPSA) is 117 Å². The maximum atomic E-state index is 12.5. The van der Waals surface area contributed by atoms with E-state index in [1.807, 2.05) is 0 Å². The number of nitrogens with zero attached hydrogens (tertiary/aromatic N) is 3. The minimum atomic E-state index is -0.462. The van der Waals surface area contributed by atoms with Crippen molar-refractivity contribution in [2.24, 2.45) is 4.99 Å². The molecule has 0 spiro atoms. The number of hydrogen-bond acceptors (Lipinski definition) is 9. The van der Waals surface area contributed by atoms with Gasteiger partial charge >= 0.3 is 11.9 Å². The minimum Gasteiger partial charge on any atom is -0.465 e. The molecular formula is C22H27N3O7S2. The molecule has 184 valence electrons. The molecule has 2 amide bonds. The molecule has 2 heterocycles. The number of rotatable bonds is 9. The molecule has 10 nitrogen and oxygen atoms in total. The van der Waals surface area contributed by atoms with Crippen LogP contribution in [0.15, 0.2) is 23.2 Å². The lowest BCUT2D eigenvalue weighted by Gasteiger charge is -2.26. The molecule has 0 N–H and O–H groups in total. The van der Waals surface area contributed by atoms with Gasteiger partial charge in [0.15, 0.2) is 4.80 Å². The van der Waals surface area contributed by atoms with Gasteiger partial charge in [0.25, 0.3) is 5.91 Å². The van der Waals surface area contributed by atoms with Crippen LogP contribution < -0.4 is 4.80 Å². The molecule has 0 atom stereocenters. The summed E-state index contributed by atoms with van der Waals surface area (Å²) in [6, 6.07) is 4.95. The van der Waals surface area contributed by atoms with Crippen LogP contribution in [0.2, 0.25) is 0 Å². The summed E-state index contributed by atoms with van der Waals surface area (Å²) in [7, 11) is 0. The van der Waals surface area contributed by atoms with E-state index >= 15 is 0 Å². The zero-order chi connectivity index (χ0) is 24.5. The van der Waals surface area contributed by atoms with E-state index in [9.17, 15) is 19.2 Å². The highest BCUT2D eigenvalue weighted by Gasteiger charge is 2.18. The van der Waals surface area contributed by atoms with Crippen LogP contribution in [-0.4, -0.2) is 84.2 Å². The zero-order valence-corrected chi connectivity index (χ0v) is 20.7. The summed E-state index contributed by atoms with van der Waals surface area (Å²) in [4.78, 5) is 55.2. The van der Waals surface area contributed by atoms with Crippen LogP contribution in [0, 0.1) is 0 Å². The Kier molecular flexibility index (Phi) is 9.66. The van der Waals surface area contributed by atoms with Crippen molar-refractivity contribution >= 4 is 57.1 Å². The Morgan fingerprint density at radius 1 is 1.09 bits per heavy atom. The van der Waals surface area contributed by atoms with Crippen LogP contribution >= 0.6 is 23.1 Å². The summed E-state index contributed by atoms with van der Waals surface area (Å²) in [5.41, 5.74) is 1.02. The van der Waals surface area contributed by atoms with Crippen molar-refractivity contribution in [1.29, 1.82) is 0 Å². The lowest BCUT2D eigenvalue weighted by atomic mass is 10.2. The highest BCUT2D eigenvalue weighted by atomic mass is 32.2. The second kappa shape index (κ2) is 12.7. The third-order valence-corrected chi connectivity index (χ3v) is 6.76. The number of ether oxygens (including phenoxy) is 3. The van der Waals surface area contributed by atoms with Gasteiger partial charge in [0, 0.05) is 13.1 Å². The normalized spacial score (nSPS) is 14.3. The number of carbonyl (C=O) groups is 4. The largest absolute Gasteiger partial charge is 0.465 e. The standard InChI is InChI=1S/C22H27N3O7S2/c1-3-31-20(28)12-25-16-6-5-15(21(29)32-4-2)11-17(16)34-22(25)23-18(26)13-33-14-19(27)24-7-9-30-10-8-24/h5-6,11H,3-4,7-10,12-14H2,1-2H3. The number of thioether (sulfide) groups is 1. The fourth-order valence-electron chi connectivity index (χ4n) is 3.26. The number of hydrogen-bond donors (Lipinski definition) is 0. The number of carbonyl (C=O) groups excluding carboxylic acids is 4.